The quantitative estimate of drug-likeness (QED) is 0.314. The van der Waals surface area contributed by atoms with Crippen LogP contribution in [0.3, 0.4) is 0 Å². The molecule has 0 atom stereocenters. The van der Waals surface area contributed by atoms with Gasteiger partial charge in [0.15, 0.2) is 0 Å². The predicted octanol–water partition coefficient (Wildman–Crippen LogP) is 6.13. The molecule has 35 heavy (non-hydrogen) atoms. The number of aromatic nitrogens is 1. The fourth-order valence-corrected chi connectivity index (χ4v) is 3.99. The number of amides is 1. The van der Waals surface area contributed by atoms with Crippen molar-refractivity contribution in [3.63, 3.8) is 0 Å². The average Bonchev–Trinajstić information content (AvgIpc) is 3.37. The highest BCUT2D eigenvalue weighted by Crippen LogP contribution is 2.35. The Hall–Kier alpha value is -4.10. The summed E-state index contributed by atoms with van der Waals surface area (Å²) in [5.41, 5.74) is 3.68. The fourth-order valence-electron chi connectivity index (χ4n) is 3.87. The number of benzene rings is 3. The molecule has 0 fully saturated rings. The summed E-state index contributed by atoms with van der Waals surface area (Å²) in [6.45, 7) is 3.56. The SMILES string of the molecule is CC1(C)OC(=O)c2cc(N(Cc3ccc(-c4ccc(Cl)cc4)cc3)C(=O)c3ccno3)ccc2O1. The molecule has 0 saturated heterocycles. The maximum absolute atomic E-state index is 13.3. The molecule has 1 amide bonds. The number of halogens is 1. The molecular weight excluding hydrogens is 468 g/mol. The van der Waals surface area contributed by atoms with E-state index in [1.807, 2.05) is 48.5 Å². The van der Waals surface area contributed by atoms with Crippen molar-refractivity contribution in [3.05, 3.63) is 101 Å². The Labute approximate surface area is 206 Å². The Morgan fingerprint density at radius 3 is 2.29 bits per heavy atom. The van der Waals surface area contributed by atoms with Gasteiger partial charge in [-0.3, -0.25) is 4.79 Å². The van der Waals surface area contributed by atoms with Gasteiger partial charge in [0, 0.05) is 30.6 Å². The first-order chi connectivity index (χ1) is 16.8. The van der Waals surface area contributed by atoms with Crippen molar-refractivity contribution in [2.24, 2.45) is 0 Å². The lowest BCUT2D eigenvalue weighted by molar-refractivity contribution is -0.127. The Balaban J connectivity index is 1.47. The standard InChI is InChI=1S/C27H21ClN2O5/c1-27(2)33-23-12-11-21(15-22(23)26(32)34-27)30(25(31)24-13-14-29-35-24)16-17-3-5-18(6-4-17)19-7-9-20(28)10-8-19/h3-15H,16H2,1-2H3. The van der Waals surface area contributed by atoms with E-state index in [4.69, 9.17) is 25.6 Å². The molecule has 3 aromatic carbocycles. The molecule has 2 heterocycles. The van der Waals surface area contributed by atoms with Crippen LogP contribution in [0.5, 0.6) is 5.75 Å². The number of anilines is 1. The molecule has 0 N–H and O–H groups in total. The smallest absolute Gasteiger partial charge is 0.345 e. The topological polar surface area (TPSA) is 81.9 Å². The van der Waals surface area contributed by atoms with Gasteiger partial charge in [-0.15, -0.1) is 0 Å². The zero-order valence-electron chi connectivity index (χ0n) is 19.0. The zero-order chi connectivity index (χ0) is 24.6. The van der Waals surface area contributed by atoms with E-state index in [0.717, 1.165) is 16.7 Å². The van der Waals surface area contributed by atoms with Crippen LogP contribution in [-0.2, 0) is 11.3 Å². The molecule has 8 heteroatoms. The van der Waals surface area contributed by atoms with Gasteiger partial charge in [0.25, 0.3) is 5.91 Å². The van der Waals surface area contributed by atoms with Crippen molar-refractivity contribution in [2.75, 3.05) is 4.90 Å². The first kappa shape index (κ1) is 22.7. The predicted molar refractivity (Wildman–Crippen MR) is 130 cm³/mol. The second kappa shape index (κ2) is 8.92. The lowest BCUT2D eigenvalue weighted by Crippen LogP contribution is -2.39. The molecule has 176 valence electrons. The Morgan fingerprint density at radius 1 is 0.943 bits per heavy atom. The molecule has 0 radical (unpaired) electrons. The molecular formula is C27H21ClN2O5. The normalized spacial score (nSPS) is 14.0. The molecule has 4 aromatic rings. The third-order valence-electron chi connectivity index (χ3n) is 5.55. The van der Waals surface area contributed by atoms with Crippen LogP contribution in [0.4, 0.5) is 5.69 Å². The maximum Gasteiger partial charge on any atom is 0.345 e. The third kappa shape index (κ3) is 4.76. The van der Waals surface area contributed by atoms with Gasteiger partial charge in [0.1, 0.15) is 11.3 Å². The molecule has 1 aromatic heterocycles. The van der Waals surface area contributed by atoms with E-state index in [2.05, 4.69) is 5.16 Å². The van der Waals surface area contributed by atoms with E-state index in [1.165, 1.54) is 17.2 Å². The van der Waals surface area contributed by atoms with Gasteiger partial charge < -0.3 is 18.9 Å². The summed E-state index contributed by atoms with van der Waals surface area (Å²) in [4.78, 5) is 27.4. The summed E-state index contributed by atoms with van der Waals surface area (Å²) in [5, 5.41) is 4.33. The Morgan fingerprint density at radius 2 is 1.63 bits per heavy atom. The van der Waals surface area contributed by atoms with Crippen LogP contribution in [0, 0.1) is 0 Å². The molecule has 1 aliphatic heterocycles. The monoisotopic (exact) mass is 488 g/mol. The minimum Gasteiger partial charge on any atom is -0.452 e. The van der Waals surface area contributed by atoms with Crippen molar-refractivity contribution in [3.8, 4) is 16.9 Å². The molecule has 0 spiro atoms. The van der Waals surface area contributed by atoms with Gasteiger partial charge in [0.05, 0.1) is 12.7 Å². The van der Waals surface area contributed by atoms with E-state index >= 15 is 0 Å². The van der Waals surface area contributed by atoms with Crippen LogP contribution in [-0.4, -0.2) is 22.8 Å². The lowest BCUT2D eigenvalue weighted by atomic mass is 10.0. The summed E-state index contributed by atoms with van der Waals surface area (Å²) in [5.74, 6) is -1.49. The first-order valence-corrected chi connectivity index (χ1v) is 11.3. The third-order valence-corrected chi connectivity index (χ3v) is 5.81. The summed E-state index contributed by atoms with van der Waals surface area (Å²) in [7, 11) is 0. The van der Waals surface area contributed by atoms with Crippen LogP contribution in [0.1, 0.15) is 40.3 Å². The molecule has 1 aliphatic rings. The number of ether oxygens (including phenoxy) is 2. The van der Waals surface area contributed by atoms with Crippen molar-refractivity contribution in [2.45, 2.75) is 26.2 Å². The van der Waals surface area contributed by atoms with E-state index < -0.39 is 17.7 Å². The minimum atomic E-state index is -1.06. The van der Waals surface area contributed by atoms with Gasteiger partial charge in [-0.2, -0.15) is 0 Å². The van der Waals surface area contributed by atoms with E-state index in [-0.39, 0.29) is 17.9 Å². The number of cyclic esters (lactones) is 1. The number of esters is 1. The van der Waals surface area contributed by atoms with E-state index in [9.17, 15) is 9.59 Å². The Kier molecular flexibility index (Phi) is 5.78. The van der Waals surface area contributed by atoms with Crippen molar-refractivity contribution >= 4 is 29.2 Å². The Bertz CT molecular complexity index is 1380. The van der Waals surface area contributed by atoms with Gasteiger partial charge in [-0.05, 0) is 47.0 Å². The minimum absolute atomic E-state index is 0.0838. The second-order valence-corrected chi connectivity index (χ2v) is 8.98. The summed E-state index contributed by atoms with van der Waals surface area (Å²) in [6, 6.07) is 21.9. The summed E-state index contributed by atoms with van der Waals surface area (Å²) < 4.78 is 16.2. The number of nitrogens with zero attached hydrogens (tertiary/aromatic N) is 2. The molecule has 7 nitrogen and oxygen atoms in total. The van der Waals surface area contributed by atoms with E-state index in [0.29, 0.717) is 16.5 Å². The largest absolute Gasteiger partial charge is 0.452 e. The highest BCUT2D eigenvalue weighted by Gasteiger charge is 2.34. The number of hydrogen-bond acceptors (Lipinski definition) is 6. The first-order valence-electron chi connectivity index (χ1n) is 10.9. The van der Waals surface area contributed by atoms with Crippen LogP contribution < -0.4 is 9.64 Å². The maximum atomic E-state index is 13.3. The second-order valence-electron chi connectivity index (χ2n) is 8.54. The average molecular weight is 489 g/mol. The number of rotatable bonds is 5. The highest BCUT2D eigenvalue weighted by molar-refractivity contribution is 6.30. The molecule has 0 saturated carbocycles. The van der Waals surface area contributed by atoms with Crippen molar-refractivity contribution < 1.29 is 23.6 Å². The van der Waals surface area contributed by atoms with Gasteiger partial charge >= 0.3 is 5.97 Å². The van der Waals surface area contributed by atoms with Crippen LogP contribution in [0.15, 0.2) is 83.5 Å². The number of carbonyl (C=O) groups excluding carboxylic acids is 2. The molecule has 0 aliphatic carbocycles. The van der Waals surface area contributed by atoms with Crippen molar-refractivity contribution in [1.29, 1.82) is 0 Å². The van der Waals surface area contributed by atoms with Crippen molar-refractivity contribution in [1.82, 2.24) is 5.16 Å². The van der Waals surface area contributed by atoms with Gasteiger partial charge in [0.2, 0.25) is 11.5 Å². The number of carbonyl (C=O) groups is 2. The summed E-state index contributed by atoms with van der Waals surface area (Å²) in [6.07, 6.45) is 1.41. The fraction of sp³-hybridized carbons (Fsp3) is 0.148. The molecule has 0 bridgehead atoms. The number of hydrogen-bond donors (Lipinski definition) is 0. The highest BCUT2D eigenvalue weighted by atomic mass is 35.5. The zero-order valence-corrected chi connectivity index (χ0v) is 19.8. The van der Waals surface area contributed by atoms with Crippen LogP contribution in [0.2, 0.25) is 5.02 Å². The molecule has 0 unspecified atom stereocenters. The lowest BCUT2D eigenvalue weighted by Gasteiger charge is -2.32. The van der Waals surface area contributed by atoms with Crippen LogP contribution in [0.25, 0.3) is 11.1 Å². The summed E-state index contributed by atoms with van der Waals surface area (Å²) >= 11 is 5.99. The number of fused-ring (bicyclic) bond motifs is 1. The van der Waals surface area contributed by atoms with Gasteiger partial charge in [-0.1, -0.05) is 53.2 Å². The molecule has 5 rings (SSSR count). The van der Waals surface area contributed by atoms with Gasteiger partial charge in [-0.25, -0.2) is 4.79 Å². The van der Waals surface area contributed by atoms with E-state index in [1.54, 1.807) is 32.0 Å². The van der Waals surface area contributed by atoms with Crippen LogP contribution >= 0.6 is 11.6 Å².